The van der Waals surface area contributed by atoms with E-state index in [2.05, 4.69) is 15.3 Å². The second kappa shape index (κ2) is 7.27. The molecule has 26 heavy (non-hydrogen) atoms. The van der Waals surface area contributed by atoms with E-state index in [1.165, 1.54) is 4.88 Å². The molecule has 0 fully saturated rings. The van der Waals surface area contributed by atoms with E-state index < -0.39 is 0 Å². The number of nitrogens with one attached hydrogen (secondary N) is 3. The van der Waals surface area contributed by atoms with E-state index in [1.807, 2.05) is 53.9 Å². The molecule has 2 aromatic carbocycles. The highest BCUT2D eigenvalue weighted by atomic mass is 35.5. The molecular formula is C19H16ClN3O2S. The minimum Gasteiger partial charge on any atom is -0.488 e. The summed E-state index contributed by atoms with van der Waals surface area (Å²) in [5.74, 6) is 0.798. The molecule has 7 heteroatoms. The lowest BCUT2D eigenvalue weighted by Gasteiger charge is -2.13. The lowest BCUT2D eigenvalue weighted by Crippen LogP contribution is -2.03. The average molecular weight is 386 g/mol. The van der Waals surface area contributed by atoms with Gasteiger partial charge in [0.25, 0.3) is 0 Å². The van der Waals surface area contributed by atoms with E-state index in [1.54, 1.807) is 11.3 Å². The zero-order valence-electron chi connectivity index (χ0n) is 13.7. The van der Waals surface area contributed by atoms with Gasteiger partial charge in [-0.25, -0.2) is 4.79 Å². The first kappa shape index (κ1) is 16.8. The average Bonchev–Trinajstić information content (AvgIpc) is 3.27. The van der Waals surface area contributed by atoms with Crippen molar-refractivity contribution in [2.75, 3.05) is 5.32 Å². The monoisotopic (exact) mass is 385 g/mol. The van der Waals surface area contributed by atoms with Crippen LogP contribution in [0.3, 0.4) is 0 Å². The predicted molar refractivity (Wildman–Crippen MR) is 106 cm³/mol. The molecule has 2 heterocycles. The maximum absolute atomic E-state index is 11.4. The van der Waals surface area contributed by atoms with Crippen molar-refractivity contribution in [2.45, 2.75) is 13.2 Å². The number of aromatic nitrogens is 2. The van der Waals surface area contributed by atoms with Crippen molar-refractivity contribution in [1.29, 1.82) is 0 Å². The van der Waals surface area contributed by atoms with E-state index in [4.69, 9.17) is 16.3 Å². The minimum absolute atomic E-state index is 0.212. The molecule has 0 aliphatic carbocycles. The largest absolute Gasteiger partial charge is 0.488 e. The molecule has 0 spiro atoms. The van der Waals surface area contributed by atoms with Crippen molar-refractivity contribution >= 4 is 39.7 Å². The quantitative estimate of drug-likeness (QED) is 0.448. The van der Waals surface area contributed by atoms with E-state index >= 15 is 0 Å². The summed E-state index contributed by atoms with van der Waals surface area (Å²) in [6.45, 7) is 1.09. The van der Waals surface area contributed by atoms with E-state index in [0.717, 1.165) is 28.0 Å². The molecule has 0 radical (unpaired) electrons. The molecule has 0 bridgehead atoms. The van der Waals surface area contributed by atoms with Gasteiger partial charge < -0.3 is 20.0 Å². The fraction of sp³-hybridized carbons (Fsp3) is 0.105. The van der Waals surface area contributed by atoms with Crippen LogP contribution in [0.25, 0.3) is 11.0 Å². The Labute approximate surface area is 158 Å². The zero-order valence-corrected chi connectivity index (χ0v) is 15.3. The molecule has 5 nitrogen and oxygen atoms in total. The first-order valence-electron chi connectivity index (χ1n) is 8.07. The number of rotatable bonds is 6. The van der Waals surface area contributed by atoms with Gasteiger partial charge in [-0.2, -0.15) is 0 Å². The number of thiophene rings is 1. The number of imidazole rings is 1. The first-order valence-corrected chi connectivity index (χ1v) is 9.33. The molecule has 2 aromatic heterocycles. The third-order valence-corrected chi connectivity index (χ3v) is 5.06. The normalized spacial score (nSPS) is 11.0. The molecule has 0 unspecified atom stereocenters. The number of anilines is 1. The fourth-order valence-corrected chi connectivity index (χ4v) is 3.52. The van der Waals surface area contributed by atoms with Gasteiger partial charge in [0, 0.05) is 27.7 Å². The number of hydrogen-bond acceptors (Lipinski definition) is 4. The van der Waals surface area contributed by atoms with Crippen LogP contribution in [0.5, 0.6) is 5.75 Å². The summed E-state index contributed by atoms with van der Waals surface area (Å²) in [5, 5.41) is 6.05. The van der Waals surface area contributed by atoms with Crippen LogP contribution in [0.4, 0.5) is 5.69 Å². The Bertz CT molecular complexity index is 1090. The molecule has 0 saturated heterocycles. The summed E-state index contributed by atoms with van der Waals surface area (Å²) in [6, 6.07) is 15.3. The minimum atomic E-state index is -0.212. The maximum atomic E-state index is 11.4. The topological polar surface area (TPSA) is 69.9 Å². The molecule has 0 amide bonds. The van der Waals surface area contributed by atoms with Crippen LogP contribution in [0.15, 0.2) is 58.7 Å². The second-order valence-electron chi connectivity index (χ2n) is 5.81. The molecule has 0 saturated carbocycles. The Morgan fingerprint density at radius 2 is 1.96 bits per heavy atom. The highest BCUT2D eigenvalue weighted by Gasteiger charge is 2.07. The summed E-state index contributed by atoms with van der Waals surface area (Å²) >= 11 is 7.82. The third-order valence-electron chi connectivity index (χ3n) is 3.97. The molecule has 4 rings (SSSR count). The summed E-state index contributed by atoms with van der Waals surface area (Å²) in [7, 11) is 0. The van der Waals surface area contributed by atoms with Crippen LogP contribution in [-0.2, 0) is 13.2 Å². The Morgan fingerprint density at radius 3 is 2.81 bits per heavy atom. The predicted octanol–water partition coefficient (Wildman–Crippen LogP) is 4.76. The zero-order chi connectivity index (χ0) is 17.9. The van der Waals surface area contributed by atoms with Crippen LogP contribution in [0.1, 0.15) is 10.4 Å². The summed E-state index contributed by atoms with van der Waals surface area (Å²) in [4.78, 5) is 18.0. The smallest absolute Gasteiger partial charge is 0.323 e. The fourth-order valence-electron chi connectivity index (χ4n) is 2.71. The lowest BCUT2D eigenvalue weighted by atomic mass is 10.2. The van der Waals surface area contributed by atoms with E-state index in [-0.39, 0.29) is 5.69 Å². The lowest BCUT2D eigenvalue weighted by molar-refractivity contribution is 0.307. The van der Waals surface area contributed by atoms with Crippen molar-refractivity contribution in [3.8, 4) is 5.75 Å². The third kappa shape index (κ3) is 3.76. The first-order chi connectivity index (χ1) is 12.7. The highest BCUT2D eigenvalue weighted by Crippen LogP contribution is 2.26. The van der Waals surface area contributed by atoms with Gasteiger partial charge in [-0.3, -0.25) is 0 Å². The van der Waals surface area contributed by atoms with Gasteiger partial charge in [0.2, 0.25) is 0 Å². The number of hydrogen-bond donors (Lipinski definition) is 3. The number of benzene rings is 2. The Balaban J connectivity index is 1.50. The van der Waals surface area contributed by atoms with Crippen molar-refractivity contribution in [2.24, 2.45) is 0 Å². The molecule has 0 aliphatic heterocycles. The molecule has 3 N–H and O–H groups in total. The molecule has 0 atom stereocenters. The van der Waals surface area contributed by atoms with Crippen LogP contribution >= 0.6 is 22.9 Å². The summed E-state index contributed by atoms with van der Waals surface area (Å²) in [5.41, 5.74) is 3.20. The van der Waals surface area contributed by atoms with Gasteiger partial charge in [0.15, 0.2) is 0 Å². The van der Waals surface area contributed by atoms with Gasteiger partial charge in [-0.15, -0.1) is 11.3 Å². The van der Waals surface area contributed by atoms with Crippen LogP contribution < -0.4 is 15.7 Å². The number of halogens is 1. The molecule has 4 aromatic rings. The Hall–Kier alpha value is -2.70. The summed E-state index contributed by atoms with van der Waals surface area (Å²) < 4.78 is 5.96. The summed E-state index contributed by atoms with van der Waals surface area (Å²) in [6.07, 6.45) is 0. The van der Waals surface area contributed by atoms with Gasteiger partial charge >= 0.3 is 5.69 Å². The van der Waals surface area contributed by atoms with Gasteiger partial charge in [-0.05, 0) is 47.8 Å². The van der Waals surface area contributed by atoms with E-state index in [9.17, 15) is 4.79 Å². The second-order valence-corrected chi connectivity index (χ2v) is 7.28. The number of H-pyrrole nitrogens is 2. The number of aromatic amines is 2. The van der Waals surface area contributed by atoms with Gasteiger partial charge in [0.1, 0.15) is 12.4 Å². The molecule has 132 valence electrons. The van der Waals surface area contributed by atoms with Crippen molar-refractivity contribution in [3.05, 3.63) is 79.9 Å². The van der Waals surface area contributed by atoms with E-state index in [0.29, 0.717) is 18.2 Å². The number of fused-ring (bicyclic) bond motifs is 1. The van der Waals surface area contributed by atoms with Crippen molar-refractivity contribution in [1.82, 2.24) is 9.97 Å². The highest BCUT2D eigenvalue weighted by molar-refractivity contribution is 7.09. The maximum Gasteiger partial charge on any atom is 0.323 e. The van der Waals surface area contributed by atoms with Crippen LogP contribution in [0.2, 0.25) is 5.02 Å². The van der Waals surface area contributed by atoms with Crippen molar-refractivity contribution < 1.29 is 4.74 Å². The Kier molecular flexibility index (Phi) is 4.69. The Morgan fingerprint density at radius 1 is 1.08 bits per heavy atom. The number of ether oxygens (including phenoxy) is 1. The van der Waals surface area contributed by atoms with Crippen LogP contribution in [-0.4, -0.2) is 9.97 Å². The van der Waals surface area contributed by atoms with Gasteiger partial charge in [-0.1, -0.05) is 17.7 Å². The van der Waals surface area contributed by atoms with Crippen molar-refractivity contribution in [3.63, 3.8) is 0 Å². The van der Waals surface area contributed by atoms with Crippen LogP contribution in [0, 0.1) is 0 Å². The molecular weight excluding hydrogens is 370 g/mol. The SMILES string of the molecule is O=c1[nH]c2ccc(NCc3cc(Cl)ccc3OCc3cccs3)cc2[nH]1. The van der Waals surface area contributed by atoms with Gasteiger partial charge in [0.05, 0.1) is 11.0 Å². The molecule has 0 aliphatic rings. The standard InChI is InChI=1S/C19H16ClN3O2S/c20-13-3-6-18(25-11-15-2-1-7-26-15)12(8-13)10-21-14-4-5-16-17(9-14)23-19(24)22-16/h1-9,21H,10-11H2,(H2,22,23,24).